The van der Waals surface area contributed by atoms with E-state index >= 15 is 0 Å². The number of hydrogen-bond donors (Lipinski definition) is 0. The molecule has 6 aromatic rings. The van der Waals surface area contributed by atoms with Crippen LogP contribution in [0.15, 0.2) is 131 Å². The van der Waals surface area contributed by atoms with Crippen LogP contribution in [0.5, 0.6) is 5.88 Å². The number of aromatic nitrogens is 3. The molecule has 4 aromatic carbocycles. The van der Waals surface area contributed by atoms with Gasteiger partial charge < -0.3 is 4.74 Å². The Labute approximate surface area is 256 Å². The standard InChI is InChI=1S/C34H26F3N3O4S/c1-23-22-27(18-20-29(23)45(2,42)43)39-30(41)21-19-28-31(39)32(44-34(35,36)37)38-40(28)33(24-12-6-3-7-13-24,25-14-8-4-9-15-25)26-16-10-5-11-17-26/h3-22H,1-2H3. The topological polar surface area (TPSA) is 83.2 Å². The first kappa shape index (κ1) is 29.9. The van der Waals surface area contributed by atoms with Gasteiger partial charge in [-0.25, -0.2) is 13.1 Å². The molecule has 0 radical (unpaired) electrons. The van der Waals surface area contributed by atoms with Gasteiger partial charge >= 0.3 is 6.36 Å². The van der Waals surface area contributed by atoms with Crippen LogP contribution in [0.3, 0.4) is 0 Å². The summed E-state index contributed by atoms with van der Waals surface area (Å²) in [5.41, 5.74) is 0.472. The first-order valence-corrected chi connectivity index (χ1v) is 15.7. The Morgan fingerprint density at radius 1 is 0.733 bits per heavy atom. The number of hydrogen-bond acceptors (Lipinski definition) is 5. The molecule has 0 bridgehead atoms. The summed E-state index contributed by atoms with van der Waals surface area (Å²) in [6, 6.07) is 34.5. The summed E-state index contributed by atoms with van der Waals surface area (Å²) < 4.78 is 73.6. The molecule has 0 saturated carbocycles. The van der Waals surface area contributed by atoms with Gasteiger partial charge in [0.1, 0.15) is 11.1 Å². The van der Waals surface area contributed by atoms with E-state index < -0.39 is 33.2 Å². The third-order valence-electron chi connectivity index (χ3n) is 7.61. The lowest BCUT2D eigenvalue weighted by molar-refractivity contribution is -0.275. The number of pyridine rings is 1. The van der Waals surface area contributed by atoms with Crippen molar-refractivity contribution in [3.8, 4) is 11.6 Å². The van der Waals surface area contributed by atoms with Crippen LogP contribution in [0, 0.1) is 6.92 Å². The molecule has 0 amide bonds. The van der Waals surface area contributed by atoms with E-state index in [1.807, 2.05) is 91.0 Å². The maximum Gasteiger partial charge on any atom is 0.574 e. The Kier molecular flexibility index (Phi) is 7.36. The van der Waals surface area contributed by atoms with Crippen molar-refractivity contribution < 1.29 is 26.3 Å². The van der Waals surface area contributed by atoms with Crippen LogP contribution in [-0.4, -0.2) is 35.4 Å². The lowest BCUT2D eigenvalue weighted by Crippen LogP contribution is -2.38. The fourth-order valence-corrected chi connectivity index (χ4v) is 6.84. The van der Waals surface area contributed by atoms with Crippen molar-refractivity contribution in [1.29, 1.82) is 0 Å². The second kappa shape index (κ2) is 11.1. The van der Waals surface area contributed by atoms with Gasteiger partial charge in [0.15, 0.2) is 9.84 Å². The molecule has 0 unspecified atom stereocenters. The summed E-state index contributed by atoms with van der Waals surface area (Å²) in [4.78, 5) is 13.5. The van der Waals surface area contributed by atoms with Crippen LogP contribution in [0.2, 0.25) is 0 Å². The predicted octanol–water partition coefficient (Wildman–Crippen LogP) is 6.64. The zero-order chi connectivity index (χ0) is 32.0. The van der Waals surface area contributed by atoms with Crippen LogP contribution in [0.25, 0.3) is 16.7 Å². The average Bonchev–Trinajstić information content (AvgIpc) is 3.35. The second-order valence-corrected chi connectivity index (χ2v) is 12.5. The Morgan fingerprint density at radius 2 is 1.24 bits per heavy atom. The fourth-order valence-electron chi connectivity index (χ4n) is 5.88. The number of sulfone groups is 1. The molecule has 0 N–H and O–H groups in total. The molecule has 0 aliphatic rings. The van der Waals surface area contributed by atoms with Crippen molar-refractivity contribution in [2.24, 2.45) is 0 Å². The van der Waals surface area contributed by atoms with E-state index in [1.54, 1.807) is 6.92 Å². The van der Waals surface area contributed by atoms with Gasteiger partial charge in [0.25, 0.3) is 11.4 Å². The maximum absolute atomic E-state index is 14.0. The highest BCUT2D eigenvalue weighted by Gasteiger charge is 2.43. The smallest absolute Gasteiger partial charge is 0.384 e. The second-order valence-electron chi connectivity index (χ2n) is 10.5. The number of rotatable bonds is 7. The molecule has 6 rings (SSSR count). The van der Waals surface area contributed by atoms with E-state index in [9.17, 15) is 26.4 Å². The van der Waals surface area contributed by atoms with Crippen molar-refractivity contribution in [2.75, 3.05) is 6.26 Å². The van der Waals surface area contributed by atoms with Gasteiger partial charge in [0.2, 0.25) is 0 Å². The molecule has 7 nitrogen and oxygen atoms in total. The Morgan fingerprint density at radius 3 is 1.69 bits per heavy atom. The van der Waals surface area contributed by atoms with E-state index in [0.29, 0.717) is 22.3 Å². The number of alkyl halides is 3. The van der Waals surface area contributed by atoms with Gasteiger partial charge in [-0.05, 0) is 53.4 Å². The van der Waals surface area contributed by atoms with Crippen LogP contribution in [0.1, 0.15) is 22.3 Å². The van der Waals surface area contributed by atoms with Gasteiger partial charge in [-0.15, -0.1) is 18.3 Å². The molecule has 45 heavy (non-hydrogen) atoms. The summed E-state index contributed by atoms with van der Waals surface area (Å²) >= 11 is 0. The van der Waals surface area contributed by atoms with Gasteiger partial charge in [-0.2, -0.15) is 0 Å². The number of benzene rings is 4. The normalized spacial score (nSPS) is 12.4. The lowest BCUT2D eigenvalue weighted by atomic mass is 9.77. The molecule has 228 valence electrons. The largest absolute Gasteiger partial charge is 0.574 e. The molecule has 2 aromatic heterocycles. The molecule has 0 fully saturated rings. The van der Waals surface area contributed by atoms with Crippen molar-refractivity contribution in [3.63, 3.8) is 0 Å². The first-order valence-electron chi connectivity index (χ1n) is 13.8. The quantitative estimate of drug-likeness (QED) is 0.185. The third kappa shape index (κ3) is 5.29. The molecular formula is C34H26F3N3O4S. The highest BCUT2D eigenvalue weighted by atomic mass is 32.2. The molecule has 0 aliphatic heterocycles. The Bertz CT molecular complexity index is 2080. The minimum absolute atomic E-state index is 0.0326. The zero-order valence-electron chi connectivity index (χ0n) is 24.1. The number of aryl methyl sites for hydroxylation is 1. The van der Waals surface area contributed by atoms with Crippen LogP contribution >= 0.6 is 0 Å². The first-order chi connectivity index (χ1) is 21.4. The average molecular weight is 630 g/mol. The molecular weight excluding hydrogens is 603 g/mol. The van der Waals surface area contributed by atoms with Crippen molar-refractivity contribution in [1.82, 2.24) is 14.3 Å². The molecule has 2 heterocycles. The van der Waals surface area contributed by atoms with Gasteiger partial charge in [-0.1, -0.05) is 91.0 Å². The number of ether oxygens (including phenoxy) is 1. The van der Waals surface area contributed by atoms with Gasteiger partial charge in [-0.3, -0.25) is 9.36 Å². The van der Waals surface area contributed by atoms with E-state index in [2.05, 4.69) is 9.84 Å². The van der Waals surface area contributed by atoms with Crippen molar-refractivity contribution in [2.45, 2.75) is 23.7 Å². The summed E-state index contributed by atoms with van der Waals surface area (Å²) in [6.07, 6.45) is -4.09. The molecule has 0 atom stereocenters. The minimum atomic E-state index is -5.15. The Balaban J connectivity index is 1.79. The summed E-state index contributed by atoms with van der Waals surface area (Å²) in [6.45, 7) is 1.55. The van der Waals surface area contributed by atoms with Crippen molar-refractivity contribution >= 4 is 20.9 Å². The van der Waals surface area contributed by atoms with Crippen LogP contribution in [-0.2, 0) is 15.4 Å². The van der Waals surface area contributed by atoms with Crippen molar-refractivity contribution in [3.05, 3.63) is 154 Å². The molecule has 11 heteroatoms. The number of fused-ring (bicyclic) bond motifs is 1. The Hall–Kier alpha value is -5.16. The van der Waals surface area contributed by atoms with Crippen LogP contribution < -0.4 is 10.3 Å². The van der Waals surface area contributed by atoms with E-state index in [1.165, 1.54) is 35.0 Å². The molecule has 0 saturated heterocycles. The maximum atomic E-state index is 14.0. The summed E-state index contributed by atoms with van der Waals surface area (Å²) in [7, 11) is -3.60. The van der Waals surface area contributed by atoms with Gasteiger partial charge in [0.05, 0.1) is 10.4 Å². The SMILES string of the molecule is Cc1cc(-n2c(=O)ccc3c2c(OC(F)(F)F)nn3C(c2ccccc2)(c2ccccc2)c2ccccc2)ccc1S(C)(=O)=O. The number of halogens is 3. The number of nitrogens with zero attached hydrogens (tertiary/aromatic N) is 3. The highest BCUT2D eigenvalue weighted by Crippen LogP contribution is 2.44. The van der Waals surface area contributed by atoms with Crippen LogP contribution in [0.4, 0.5) is 13.2 Å². The minimum Gasteiger partial charge on any atom is -0.384 e. The van der Waals surface area contributed by atoms with Gasteiger partial charge in [0, 0.05) is 18.0 Å². The monoisotopic (exact) mass is 629 g/mol. The highest BCUT2D eigenvalue weighted by molar-refractivity contribution is 7.90. The molecule has 0 aliphatic carbocycles. The summed E-state index contributed by atoms with van der Waals surface area (Å²) in [5.74, 6) is -0.841. The molecule has 0 spiro atoms. The third-order valence-corrected chi connectivity index (χ3v) is 8.87. The van der Waals surface area contributed by atoms with E-state index in [-0.39, 0.29) is 21.6 Å². The lowest BCUT2D eigenvalue weighted by Gasteiger charge is -2.36. The summed E-state index contributed by atoms with van der Waals surface area (Å²) in [5, 5.41) is 4.50. The van der Waals surface area contributed by atoms with E-state index in [4.69, 9.17) is 0 Å². The fraction of sp³-hybridized carbons (Fsp3) is 0.118. The zero-order valence-corrected chi connectivity index (χ0v) is 24.9. The predicted molar refractivity (Wildman–Crippen MR) is 164 cm³/mol. The van der Waals surface area contributed by atoms with E-state index in [0.717, 1.165) is 10.8 Å².